The Morgan fingerprint density at radius 3 is 2.71 bits per heavy atom. The number of nitrogens with zero attached hydrogens (tertiary/aromatic N) is 1. The Hall–Kier alpha value is -3.37. The topological polar surface area (TPSA) is 54.6 Å². The summed E-state index contributed by atoms with van der Waals surface area (Å²) in [7, 11) is 0. The molecule has 0 fully saturated rings. The standard InChI is InChI=1S/C23H17ClN2O2/c24-19-9-4-8-18(13-19)22-12-11-20(28-22)15-25-26-23(27)14-17-7-3-6-16-5-1-2-10-21(16)17/h1-13,15H,14H2,(H,26,27)/b25-15+. The van der Waals surface area contributed by atoms with Crippen molar-refractivity contribution in [2.24, 2.45) is 5.10 Å². The zero-order valence-electron chi connectivity index (χ0n) is 14.9. The molecule has 4 rings (SSSR count). The number of rotatable bonds is 5. The molecule has 0 radical (unpaired) electrons. The molecule has 0 aliphatic rings. The first kappa shape index (κ1) is 18.0. The zero-order valence-corrected chi connectivity index (χ0v) is 15.7. The number of carbonyl (C=O) groups is 1. The van der Waals surface area contributed by atoms with E-state index in [1.165, 1.54) is 6.21 Å². The summed E-state index contributed by atoms with van der Waals surface area (Å²) in [6, 6.07) is 25.0. The van der Waals surface area contributed by atoms with Gasteiger partial charge in [0, 0.05) is 10.6 Å². The summed E-state index contributed by atoms with van der Waals surface area (Å²) in [6.45, 7) is 0. The lowest BCUT2D eigenvalue weighted by Gasteiger charge is -2.05. The van der Waals surface area contributed by atoms with E-state index in [9.17, 15) is 4.79 Å². The number of nitrogens with one attached hydrogen (secondary N) is 1. The summed E-state index contributed by atoms with van der Waals surface area (Å²) in [5.74, 6) is 1.04. The first-order valence-corrected chi connectivity index (χ1v) is 9.21. The van der Waals surface area contributed by atoms with E-state index in [4.69, 9.17) is 16.0 Å². The fourth-order valence-electron chi connectivity index (χ4n) is 3.05. The highest BCUT2D eigenvalue weighted by Crippen LogP contribution is 2.24. The molecule has 0 aliphatic carbocycles. The fraction of sp³-hybridized carbons (Fsp3) is 0.0435. The minimum Gasteiger partial charge on any atom is -0.455 e. The monoisotopic (exact) mass is 388 g/mol. The van der Waals surface area contributed by atoms with E-state index in [0.717, 1.165) is 21.9 Å². The average Bonchev–Trinajstić information content (AvgIpc) is 3.17. The molecule has 1 N–H and O–H groups in total. The van der Waals surface area contributed by atoms with Crippen molar-refractivity contribution < 1.29 is 9.21 Å². The molecule has 4 nitrogen and oxygen atoms in total. The molecule has 0 aliphatic heterocycles. The Morgan fingerprint density at radius 2 is 1.82 bits per heavy atom. The van der Waals surface area contributed by atoms with E-state index in [2.05, 4.69) is 10.5 Å². The highest BCUT2D eigenvalue weighted by molar-refractivity contribution is 6.30. The van der Waals surface area contributed by atoms with E-state index >= 15 is 0 Å². The fourth-order valence-corrected chi connectivity index (χ4v) is 3.24. The number of hydrazone groups is 1. The maximum Gasteiger partial charge on any atom is 0.244 e. The van der Waals surface area contributed by atoms with Gasteiger partial charge in [0.25, 0.3) is 0 Å². The van der Waals surface area contributed by atoms with Gasteiger partial charge < -0.3 is 4.42 Å². The summed E-state index contributed by atoms with van der Waals surface area (Å²) in [4.78, 5) is 12.2. The van der Waals surface area contributed by atoms with Crippen molar-refractivity contribution in [2.45, 2.75) is 6.42 Å². The molecule has 3 aromatic carbocycles. The summed E-state index contributed by atoms with van der Waals surface area (Å²) in [5.41, 5.74) is 4.40. The van der Waals surface area contributed by atoms with Crippen LogP contribution in [0.2, 0.25) is 5.02 Å². The average molecular weight is 389 g/mol. The molecule has 0 spiro atoms. The van der Waals surface area contributed by atoms with Gasteiger partial charge in [-0.15, -0.1) is 0 Å². The second-order valence-corrected chi connectivity index (χ2v) is 6.76. The summed E-state index contributed by atoms with van der Waals surface area (Å²) >= 11 is 6.01. The van der Waals surface area contributed by atoms with Gasteiger partial charge in [0.1, 0.15) is 11.5 Å². The number of furan rings is 1. The van der Waals surface area contributed by atoms with Gasteiger partial charge >= 0.3 is 0 Å². The molecule has 0 unspecified atom stereocenters. The van der Waals surface area contributed by atoms with Gasteiger partial charge in [-0.25, -0.2) is 5.43 Å². The van der Waals surface area contributed by atoms with Crippen LogP contribution < -0.4 is 5.43 Å². The van der Waals surface area contributed by atoms with Crippen molar-refractivity contribution in [2.75, 3.05) is 0 Å². The minimum absolute atomic E-state index is 0.186. The molecule has 138 valence electrons. The number of hydrogen-bond acceptors (Lipinski definition) is 3. The maximum absolute atomic E-state index is 12.2. The summed E-state index contributed by atoms with van der Waals surface area (Å²) < 4.78 is 5.72. The van der Waals surface area contributed by atoms with Gasteiger partial charge in [-0.1, -0.05) is 66.2 Å². The van der Waals surface area contributed by atoms with Crippen molar-refractivity contribution in [3.05, 3.63) is 95.2 Å². The highest BCUT2D eigenvalue weighted by atomic mass is 35.5. The summed E-state index contributed by atoms with van der Waals surface area (Å²) in [5, 5.41) is 6.82. The van der Waals surface area contributed by atoms with Gasteiger partial charge in [0.2, 0.25) is 5.91 Å². The zero-order chi connectivity index (χ0) is 19.3. The third-order valence-corrected chi connectivity index (χ3v) is 4.58. The minimum atomic E-state index is -0.186. The van der Waals surface area contributed by atoms with E-state index in [1.54, 1.807) is 6.07 Å². The number of halogens is 1. The molecule has 28 heavy (non-hydrogen) atoms. The van der Waals surface area contributed by atoms with Gasteiger partial charge in [-0.05, 0) is 40.6 Å². The number of benzene rings is 3. The molecule has 1 amide bonds. The molecule has 0 atom stereocenters. The van der Waals surface area contributed by atoms with Gasteiger partial charge in [-0.2, -0.15) is 5.10 Å². The smallest absolute Gasteiger partial charge is 0.244 e. The normalized spacial score (nSPS) is 11.2. The van der Waals surface area contributed by atoms with Gasteiger partial charge in [0.15, 0.2) is 0 Å². The Bertz CT molecular complexity index is 1160. The van der Waals surface area contributed by atoms with E-state index in [-0.39, 0.29) is 12.3 Å². The van der Waals surface area contributed by atoms with Crippen LogP contribution in [0.15, 0.2) is 88.4 Å². The molecule has 0 saturated carbocycles. The van der Waals surface area contributed by atoms with Crippen LogP contribution >= 0.6 is 11.6 Å². The molecule has 5 heteroatoms. The number of fused-ring (bicyclic) bond motifs is 1. The van der Waals surface area contributed by atoms with Crippen molar-refractivity contribution >= 4 is 34.5 Å². The largest absolute Gasteiger partial charge is 0.455 e. The van der Waals surface area contributed by atoms with Crippen LogP contribution in [0.4, 0.5) is 0 Å². The van der Waals surface area contributed by atoms with Crippen molar-refractivity contribution in [3.63, 3.8) is 0 Å². The SMILES string of the molecule is O=C(Cc1cccc2ccccc12)N/N=C/c1ccc(-c2cccc(Cl)c2)o1. The Labute approximate surface area is 167 Å². The molecular weight excluding hydrogens is 372 g/mol. The molecule has 0 bridgehead atoms. The van der Waals surface area contributed by atoms with Crippen molar-refractivity contribution in [1.82, 2.24) is 5.43 Å². The molecule has 1 heterocycles. The predicted octanol–water partition coefficient (Wildman–Crippen LogP) is 5.45. The number of amides is 1. The van der Waals surface area contributed by atoms with Crippen LogP contribution in [0.3, 0.4) is 0 Å². The first-order valence-electron chi connectivity index (χ1n) is 8.83. The second kappa shape index (κ2) is 8.11. The quantitative estimate of drug-likeness (QED) is 0.365. The van der Waals surface area contributed by atoms with Crippen LogP contribution in [-0.4, -0.2) is 12.1 Å². The van der Waals surface area contributed by atoms with Crippen LogP contribution in [0.1, 0.15) is 11.3 Å². The maximum atomic E-state index is 12.2. The van der Waals surface area contributed by atoms with Crippen LogP contribution in [0.5, 0.6) is 0 Å². The lowest BCUT2D eigenvalue weighted by Crippen LogP contribution is -2.19. The Morgan fingerprint density at radius 1 is 1.00 bits per heavy atom. The molecule has 4 aromatic rings. The Kier molecular flexibility index (Phi) is 5.22. The van der Waals surface area contributed by atoms with E-state index < -0.39 is 0 Å². The third-order valence-electron chi connectivity index (χ3n) is 4.35. The van der Waals surface area contributed by atoms with E-state index in [0.29, 0.717) is 16.5 Å². The third kappa shape index (κ3) is 4.13. The first-order chi connectivity index (χ1) is 13.7. The van der Waals surface area contributed by atoms with Crippen LogP contribution in [-0.2, 0) is 11.2 Å². The lowest BCUT2D eigenvalue weighted by atomic mass is 10.0. The summed E-state index contributed by atoms with van der Waals surface area (Å²) in [6.07, 6.45) is 1.74. The second-order valence-electron chi connectivity index (χ2n) is 6.32. The predicted molar refractivity (Wildman–Crippen MR) is 113 cm³/mol. The van der Waals surface area contributed by atoms with Crippen LogP contribution in [0.25, 0.3) is 22.1 Å². The molecular formula is C23H17ClN2O2. The van der Waals surface area contributed by atoms with E-state index in [1.807, 2.05) is 72.8 Å². The van der Waals surface area contributed by atoms with Crippen molar-refractivity contribution in [1.29, 1.82) is 0 Å². The Balaban J connectivity index is 1.40. The van der Waals surface area contributed by atoms with Gasteiger partial charge in [0.05, 0.1) is 12.6 Å². The molecule has 1 aromatic heterocycles. The number of carbonyl (C=O) groups excluding carboxylic acids is 1. The highest BCUT2D eigenvalue weighted by Gasteiger charge is 2.07. The van der Waals surface area contributed by atoms with Crippen molar-refractivity contribution in [3.8, 4) is 11.3 Å². The van der Waals surface area contributed by atoms with Crippen LogP contribution in [0, 0.1) is 0 Å². The lowest BCUT2D eigenvalue weighted by molar-refractivity contribution is -0.120. The number of hydrogen-bond donors (Lipinski definition) is 1. The van der Waals surface area contributed by atoms with Gasteiger partial charge in [-0.3, -0.25) is 4.79 Å². The molecule has 0 saturated heterocycles.